The van der Waals surface area contributed by atoms with Crippen LogP contribution in [0.3, 0.4) is 0 Å². The number of sulfonamides is 1. The van der Waals surface area contributed by atoms with Gasteiger partial charge in [-0.2, -0.15) is 5.10 Å². The Bertz CT molecular complexity index is 672. The van der Waals surface area contributed by atoms with Gasteiger partial charge < -0.3 is 9.73 Å². The van der Waals surface area contributed by atoms with Crippen LogP contribution in [0.4, 0.5) is 5.82 Å². The largest absolute Gasteiger partial charge is 0.451 e. The Labute approximate surface area is 125 Å². The fourth-order valence-electron chi connectivity index (χ4n) is 1.46. The Morgan fingerprint density at radius 2 is 2.25 bits per heavy atom. The maximum Gasteiger partial charge on any atom is 0.267 e. The van der Waals surface area contributed by atoms with Gasteiger partial charge in [0.15, 0.2) is 10.5 Å². The van der Waals surface area contributed by atoms with Crippen LogP contribution >= 0.6 is 15.9 Å². The second-order valence-electron chi connectivity index (χ2n) is 3.85. The highest BCUT2D eigenvalue weighted by molar-refractivity contribution is 9.10. The standard InChI is InChI=1S/C11H13BrN4O3S/c1-2-13-7-8-6-9(11(12)19-8)20(17,18)16-10-4-3-5-14-15-10/h3-6,13H,2,7H2,1H3,(H,15,16). The average molecular weight is 361 g/mol. The Hall–Kier alpha value is -1.45. The van der Waals surface area contributed by atoms with Gasteiger partial charge in [-0.1, -0.05) is 6.92 Å². The zero-order chi connectivity index (χ0) is 14.6. The van der Waals surface area contributed by atoms with E-state index in [0.29, 0.717) is 12.3 Å². The number of nitrogens with zero attached hydrogens (tertiary/aromatic N) is 2. The van der Waals surface area contributed by atoms with Crippen molar-refractivity contribution in [2.45, 2.75) is 18.4 Å². The van der Waals surface area contributed by atoms with Crippen LogP contribution in [-0.2, 0) is 16.6 Å². The topological polar surface area (TPSA) is 97.1 Å². The summed E-state index contributed by atoms with van der Waals surface area (Å²) in [5.74, 6) is 0.673. The van der Waals surface area contributed by atoms with Gasteiger partial charge in [-0.15, -0.1) is 5.10 Å². The molecule has 9 heteroatoms. The maximum atomic E-state index is 12.2. The zero-order valence-electron chi connectivity index (χ0n) is 10.6. The van der Waals surface area contributed by atoms with Gasteiger partial charge in [0.25, 0.3) is 10.0 Å². The SMILES string of the molecule is CCNCc1cc(S(=O)(=O)Nc2cccnn2)c(Br)o1. The van der Waals surface area contributed by atoms with Crippen molar-refractivity contribution in [2.24, 2.45) is 0 Å². The second-order valence-corrected chi connectivity index (χ2v) is 6.22. The number of aromatic nitrogens is 2. The first-order valence-electron chi connectivity index (χ1n) is 5.82. The van der Waals surface area contributed by atoms with Crippen molar-refractivity contribution in [1.29, 1.82) is 0 Å². The van der Waals surface area contributed by atoms with Crippen molar-refractivity contribution < 1.29 is 12.8 Å². The van der Waals surface area contributed by atoms with Crippen LogP contribution in [0.15, 0.2) is 38.4 Å². The van der Waals surface area contributed by atoms with E-state index in [9.17, 15) is 8.42 Å². The van der Waals surface area contributed by atoms with E-state index in [0.717, 1.165) is 6.54 Å². The summed E-state index contributed by atoms with van der Waals surface area (Å²) in [6.45, 7) is 3.17. The van der Waals surface area contributed by atoms with Crippen molar-refractivity contribution >= 4 is 31.8 Å². The van der Waals surface area contributed by atoms with Gasteiger partial charge in [0, 0.05) is 12.3 Å². The predicted molar refractivity (Wildman–Crippen MR) is 76.6 cm³/mol. The Morgan fingerprint density at radius 3 is 2.90 bits per heavy atom. The molecular formula is C11H13BrN4O3S. The van der Waals surface area contributed by atoms with Crippen molar-refractivity contribution in [3.8, 4) is 0 Å². The lowest BCUT2D eigenvalue weighted by Crippen LogP contribution is -2.14. The number of nitrogens with one attached hydrogen (secondary N) is 2. The summed E-state index contributed by atoms with van der Waals surface area (Å²) < 4.78 is 32.3. The molecule has 2 rings (SSSR count). The minimum atomic E-state index is -3.77. The van der Waals surface area contributed by atoms with Gasteiger partial charge >= 0.3 is 0 Å². The molecule has 0 unspecified atom stereocenters. The summed E-state index contributed by atoms with van der Waals surface area (Å²) in [7, 11) is -3.77. The molecule has 0 spiro atoms. The fourth-order valence-corrected chi connectivity index (χ4v) is 3.46. The van der Waals surface area contributed by atoms with E-state index in [-0.39, 0.29) is 15.4 Å². The maximum absolute atomic E-state index is 12.2. The van der Waals surface area contributed by atoms with E-state index < -0.39 is 10.0 Å². The third-order valence-corrected chi connectivity index (χ3v) is 4.57. The van der Waals surface area contributed by atoms with Crippen LogP contribution in [0.25, 0.3) is 0 Å². The first-order valence-corrected chi connectivity index (χ1v) is 8.10. The first-order chi connectivity index (χ1) is 9.53. The molecule has 2 N–H and O–H groups in total. The molecule has 0 amide bonds. The summed E-state index contributed by atoms with van der Waals surface area (Å²) >= 11 is 3.11. The van der Waals surface area contributed by atoms with Crippen LogP contribution in [0.2, 0.25) is 0 Å². The molecule has 0 bridgehead atoms. The molecule has 2 aromatic rings. The molecule has 0 radical (unpaired) electrons. The van der Waals surface area contributed by atoms with Gasteiger partial charge in [0.2, 0.25) is 0 Å². The molecule has 0 aliphatic rings. The minimum Gasteiger partial charge on any atom is -0.451 e. The molecule has 0 atom stereocenters. The summed E-state index contributed by atoms with van der Waals surface area (Å²) in [6, 6.07) is 4.56. The van der Waals surface area contributed by atoms with E-state index in [2.05, 4.69) is 36.2 Å². The first kappa shape index (κ1) is 14.9. The molecule has 0 aliphatic carbocycles. The van der Waals surface area contributed by atoms with Crippen molar-refractivity contribution in [3.05, 3.63) is 34.8 Å². The van der Waals surface area contributed by atoms with E-state index in [1.807, 2.05) is 6.92 Å². The lowest BCUT2D eigenvalue weighted by Gasteiger charge is -2.04. The molecule has 2 aromatic heterocycles. The Balaban J connectivity index is 2.23. The van der Waals surface area contributed by atoms with Crippen LogP contribution < -0.4 is 10.0 Å². The number of hydrogen-bond acceptors (Lipinski definition) is 6. The number of halogens is 1. The van der Waals surface area contributed by atoms with E-state index in [4.69, 9.17) is 4.42 Å². The summed E-state index contributed by atoms with van der Waals surface area (Å²) in [6.07, 6.45) is 1.46. The lowest BCUT2D eigenvalue weighted by molar-refractivity contribution is 0.464. The third kappa shape index (κ3) is 3.56. The predicted octanol–water partition coefficient (Wildman–Crippen LogP) is 1.74. The smallest absolute Gasteiger partial charge is 0.267 e. The quantitative estimate of drug-likeness (QED) is 0.814. The highest BCUT2D eigenvalue weighted by Gasteiger charge is 2.23. The number of furan rings is 1. The molecule has 0 aliphatic heterocycles. The van der Waals surface area contributed by atoms with Gasteiger partial charge in [-0.3, -0.25) is 4.72 Å². The van der Waals surface area contributed by atoms with Crippen molar-refractivity contribution in [2.75, 3.05) is 11.3 Å². The van der Waals surface area contributed by atoms with Crippen molar-refractivity contribution in [1.82, 2.24) is 15.5 Å². The van der Waals surface area contributed by atoms with Crippen LogP contribution in [0.5, 0.6) is 0 Å². The van der Waals surface area contributed by atoms with Gasteiger partial charge in [0.05, 0.1) is 6.54 Å². The Kier molecular flexibility index (Phi) is 4.73. The lowest BCUT2D eigenvalue weighted by atomic mass is 10.4. The second kappa shape index (κ2) is 6.33. The Morgan fingerprint density at radius 1 is 1.45 bits per heavy atom. The molecule has 0 saturated heterocycles. The molecule has 20 heavy (non-hydrogen) atoms. The summed E-state index contributed by atoms with van der Waals surface area (Å²) in [4.78, 5) is 0.0241. The van der Waals surface area contributed by atoms with E-state index in [1.165, 1.54) is 18.3 Å². The van der Waals surface area contributed by atoms with E-state index in [1.54, 1.807) is 6.07 Å². The molecule has 2 heterocycles. The number of hydrogen-bond donors (Lipinski definition) is 2. The monoisotopic (exact) mass is 360 g/mol. The fraction of sp³-hybridized carbons (Fsp3) is 0.273. The molecule has 0 aromatic carbocycles. The average Bonchev–Trinajstić information content (AvgIpc) is 2.79. The van der Waals surface area contributed by atoms with Gasteiger partial charge in [-0.25, -0.2) is 8.42 Å². The van der Waals surface area contributed by atoms with Crippen molar-refractivity contribution in [3.63, 3.8) is 0 Å². The molecule has 7 nitrogen and oxygen atoms in total. The van der Waals surface area contributed by atoms with Crippen LogP contribution in [-0.4, -0.2) is 25.2 Å². The van der Waals surface area contributed by atoms with Crippen LogP contribution in [0.1, 0.15) is 12.7 Å². The summed E-state index contributed by atoms with van der Waals surface area (Å²) in [5, 5.41) is 10.3. The number of rotatable bonds is 6. The summed E-state index contributed by atoms with van der Waals surface area (Å²) in [5.41, 5.74) is 0. The highest BCUT2D eigenvalue weighted by Crippen LogP contribution is 2.27. The number of anilines is 1. The zero-order valence-corrected chi connectivity index (χ0v) is 13.0. The minimum absolute atomic E-state index is 0.0241. The molecule has 0 saturated carbocycles. The normalized spacial score (nSPS) is 11.5. The third-order valence-electron chi connectivity index (χ3n) is 2.36. The van der Waals surface area contributed by atoms with E-state index >= 15 is 0 Å². The highest BCUT2D eigenvalue weighted by atomic mass is 79.9. The van der Waals surface area contributed by atoms with Gasteiger partial charge in [0.1, 0.15) is 10.7 Å². The van der Waals surface area contributed by atoms with Gasteiger partial charge in [-0.05, 0) is 34.6 Å². The molecular weight excluding hydrogens is 348 g/mol. The molecule has 0 fully saturated rings. The van der Waals surface area contributed by atoms with Crippen LogP contribution in [0, 0.1) is 0 Å². The molecule has 108 valence electrons.